The molecular weight excluding hydrogens is 329 g/mol. The molecule has 3 nitrogen and oxygen atoms in total. The highest BCUT2D eigenvalue weighted by Gasteiger charge is 2.13. The van der Waals surface area contributed by atoms with Crippen molar-refractivity contribution in [3.8, 4) is 11.1 Å². The van der Waals surface area contributed by atoms with Gasteiger partial charge >= 0.3 is 0 Å². The van der Waals surface area contributed by atoms with Gasteiger partial charge in [0.1, 0.15) is 0 Å². The second kappa shape index (κ2) is 6.49. The molecule has 0 aliphatic rings. The molecular formula is C18H15Cl2N3. The van der Waals surface area contributed by atoms with Crippen LogP contribution in [0.3, 0.4) is 0 Å². The minimum atomic E-state index is 0.550. The van der Waals surface area contributed by atoms with Crippen LogP contribution in [0.4, 0.5) is 11.4 Å². The Morgan fingerprint density at radius 2 is 1.65 bits per heavy atom. The molecule has 0 unspecified atom stereocenters. The molecule has 0 fully saturated rings. The molecule has 0 radical (unpaired) electrons. The molecule has 3 rings (SSSR count). The van der Waals surface area contributed by atoms with Gasteiger partial charge in [-0.25, -0.2) is 0 Å². The minimum absolute atomic E-state index is 0.550. The molecule has 23 heavy (non-hydrogen) atoms. The predicted octanol–water partition coefficient (Wildman–Crippen LogP) is 4.81. The van der Waals surface area contributed by atoms with Gasteiger partial charge in [-0.2, -0.15) is 0 Å². The van der Waals surface area contributed by atoms with Crippen LogP contribution in [0.15, 0.2) is 54.9 Å². The van der Waals surface area contributed by atoms with Crippen molar-refractivity contribution in [1.29, 1.82) is 0 Å². The maximum atomic E-state index is 6.30. The molecule has 3 aromatic rings. The molecule has 2 aromatic carbocycles. The number of pyridine rings is 1. The fourth-order valence-electron chi connectivity index (χ4n) is 2.54. The first kappa shape index (κ1) is 15.7. The van der Waals surface area contributed by atoms with Gasteiger partial charge in [-0.05, 0) is 58.7 Å². The van der Waals surface area contributed by atoms with Crippen LogP contribution in [0.25, 0.3) is 11.1 Å². The van der Waals surface area contributed by atoms with Gasteiger partial charge in [0.15, 0.2) is 0 Å². The van der Waals surface area contributed by atoms with E-state index in [4.69, 9.17) is 34.7 Å². The first-order valence-corrected chi connectivity index (χ1v) is 7.83. The number of hydrogen-bond donors (Lipinski definition) is 2. The standard InChI is InChI=1S/C18H15Cl2N3/c19-13-1-3-16(20)12(9-13)10-15-14(2-4-17(21)18(15)22)11-5-7-23-8-6-11/h1-9H,10,21-22H2. The van der Waals surface area contributed by atoms with Gasteiger partial charge < -0.3 is 11.5 Å². The Kier molecular flexibility index (Phi) is 4.42. The van der Waals surface area contributed by atoms with Crippen molar-refractivity contribution in [1.82, 2.24) is 4.98 Å². The number of rotatable bonds is 3. The number of nitrogens with two attached hydrogens (primary N) is 2. The summed E-state index contributed by atoms with van der Waals surface area (Å²) in [6.07, 6.45) is 4.05. The first-order chi connectivity index (χ1) is 11.1. The van der Waals surface area contributed by atoms with Crippen LogP contribution >= 0.6 is 23.2 Å². The van der Waals surface area contributed by atoms with Crippen molar-refractivity contribution in [2.75, 3.05) is 11.5 Å². The van der Waals surface area contributed by atoms with E-state index < -0.39 is 0 Å². The maximum Gasteiger partial charge on any atom is 0.0589 e. The van der Waals surface area contributed by atoms with Gasteiger partial charge in [0.05, 0.1) is 11.4 Å². The summed E-state index contributed by atoms with van der Waals surface area (Å²) in [4.78, 5) is 4.06. The highest BCUT2D eigenvalue weighted by molar-refractivity contribution is 6.33. The number of nitrogens with zero attached hydrogens (tertiary/aromatic N) is 1. The van der Waals surface area contributed by atoms with E-state index in [1.54, 1.807) is 24.5 Å². The van der Waals surface area contributed by atoms with Crippen LogP contribution in [0.1, 0.15) is 11.1 Å². The monoisotopic (exact) mass is 343 g/mol. The van der Waals surface area contributed by atoms with E-state index in [2.05, 4.69) is 4.98 Å². The van der Waals surface area contributed by atoms with Crippen molar-refractivity contribution in [3.05, 3.63) is 76.0 Å². The van der Waals surface area contributed by atoms with Crippen LogP contribution in [-0.2, 0) is 6.42 Å². The zero-order chi connectivity index (χ0) is 16.4. The van der Waals surface area contributed by atoms with Crippen LogP contribution in [-0.4, -0.2) is 4.98 Å². The summed E-state index contributed by atoms with van der Waals surface area (Å²) in [6.45, 7) is 0. The molecule has 0 aliphatic heterocycles. The smallest absolute Gasteiger partial charge is 0.0589 e. The van der Waals surface area contributed by atoms with Gasteiger partial charge in [-0.15, -0.1) is 0 Å². The van der Waals surface area contributed by atoms with Crippen LogP contribution in [0, 0.1) is 0 Å². The number of halogens is 2. The Balaban J connectivity index is 2.14. The average Bonchev–Trinajstić information content (AvgIpc) is 2.56. The van der Waals surface area contributed by atoms with E-state index in [0.29, 0.717) is 27.8 Å². The van der Waals surface area contributed by atoms with E-state index in [1.807, 2.05) is 30.3 Å². The summed E-state index contributed by atoms with van der Waals surface area (Å²) in [6, 6.07) is 13.1. The summed E-state index contributed by atoms with van der Waals surface area (Å²) in [5, 5.41) is 1.29. The molecule has 116 valence electrons. The van der Waals surface area contributed by atoms with E-state index in [0.717, 1.165) is 22.3 Å². The lowest BCUT2D eigenvalue weighted by atomic mass is 9.93. The second-order valence-corrected chi connectivity index (χ2v) is 6.09. The molecule has 0 atom stereocenters. The van der Waals surface area contributed by atoms with Gasteiger partial charge in [0, 0.05) is 28.9 Å². The molecule has 1 aromatic heterocycles. The molecule has 0 saturated carbocycles. The van der Waals surface area contributed by atoms with Crippen molar-refractivity contribution in [2.45, 2.75) is 6.42 Å². The third kappa shape index (κ3) is 3.26. The zero-order valence-corrected chi connectivity index (χ0v) is 13.8. The topological polar surface area (TPSA) is 64.9 Å². The quantitative estimate of drug-likeness (QED) is 0.670. The summed E-state index contributed by atoms with van der Waals surface area (Å²) in [7, 11) is 0. The van der Waals surface area contributed by atoms with Gasteiger partial charge in [0.2, 0.25) is 0 Å². The maximum absolute atomic E-state index is 6.30. The summed E-state index contributed by atoms with van der Waals surface area (Å²) in [5.74, 6) is 0. The highest BCUT2D eigenvalue weighted by Crippen LogP contribution is 2.35. The summed E-state index contributed by atoms with van der Waals surface area (Å²) >= 11 is 12.4. The Morgan fingerprint density at radius 3 is 2.39 bits per heavy atom. The molecule has 0 bridgehead atoms. The fraction of sp³-hybridized carbons (Fsp3) is 0.0556. The van der Waals surface area contributed by atoms with Gasteiger partial charge in [-0.1, -0.05) is 29.3 Å². The number of nitrogen functional groups attached to an aromatic ring is 2. The Labute approximate surface area is 144 Å². The lowest BCUT2D eigenvalue weighted by Gasteiger charge is -2.15. The number of anilines is 2. The van der Waals surface area contributed by atoms with Crippen molar-refractivity contribution < 1.29 is 0 Å². The van der Waals surface area contributed by atoms with Crippen molar-refractivity contribution in [2.24, 2.45) is 0 Å². The summed E-state index contributed by atoms with van der Waals surface area (Å²) < 4.78 is 0. The molecule has 0 amide bonds. The minimum Gasteiger partial charge on any atom is -0.397 e. The van der Waals surface area contributed by atoms with Crippen molar-refractivity contribution >= 4 is 34.6 Å². The summed E-state index contributed by atoms with van der Waals surface area (Å²) in [5.41, 5.74) is 17.2. The third-order valence-corrected chi connectivity index (χ3v) is 4.36. The average molecular weight is 344 g/mol. The van der Waals surface area contributed by atoms with Crippen LogP contribution in [0.5, 0.6) is 0 Å². The number of benzene rings is 2. The molecule has 0 saturated heterocycles. The van der Waals surface area contributed by atoms with Crippen molar-refractivity contribution in [3.63, 3.8) is 0 Å². The predicted molar refractivity (Wildman–Crippen MR) is 97.8 cm³/mol. The number of aromatic nitrogens is 1. The van der Waals surface area contributed by atoms with Gasteiger partial charge in [0.25, 0.3) is 0 Å². The second-order valence-electron chi connectivity index (χ2n) is 5.24. The first-order valence-electron chi connectivity index (χ1n) is 7.07. The van der Waals surface area contributed by atoms with E-state index in [9.17, 15) is 0 Å². The normalized spacial score (nSPS) is 10.7. The molecule has 1 heterocycles. The van der Waals surface area contributed by atoms with Crippen LogP contribution < -0.4 is 11.5 Å². The Bertz CT molecular complexity index is 848. The lowest BCUT2D eigenvalue weighted by Crippen LogP contribution is -2.03. The SMILES string of the molecule is Nc1ccc(-c2ccncc2)c(Cc2cc(Cl)ccc2Cl)c1N. The lowest BCUT2D eigenvalue weighted by molar-refractivity contribution is 1.20. The Hall–Kier alpha value is -2.23. The third-order valence-electron chi connectivity index (χ3n) is 3.76. The zero-order valence-electron chi connectivity index (χ0n) is 12.3. The van der Waals surface area contributed by atoms with E-state index >= 15 is 0 Å². The van der Waals surface area contributed by atoms with E-state index in [1.165, 1.54) is 0 Å². The fourth-order valence-corrected chi connectivity index (χ4v) is 2.92. The van der Waals surface area contributed by atoms with Gasteiger partial charge in [-0.3, -0.25) is 4.98 Å². The van der Waals surface area contributed by atoms with E-state index in [-0.39, 0.29) is 0 Å². The molecule has 0 spiro atoms. The largest absolute Gasteiger partial charge is 0.397 e. The number of hydrogen-bond acceptors (Lipinski definition) is 3. The molecule has 0 aliphatic carbocycles. The van der Waals surface area contributed by atoms with Crippen LogP contribution in [0.2, 0.25) is 10.0 Å². The molecule has 5 heteroatoms. The molecule has 4 N–H and O–H groups in total. The highest BCUT2D eigenvalue weighted by atomic mass is 35.5. The Morgan fingerprint density at radius 1 is 0.913 bits per heavy atom.